The van der Waals surface area contributed by atoms with Crippen LogP contribution in [0.4, 0.5) is 11.4 Å². The second kappa shape index (κ2) is 10.4. The first kappa shape index (κ1) is 22.6. The highest BCUT2D eigenvalue weighted by molar-refractivity contribution is 7.23. The molecule has 2 heterocycles. The minimum atomic E-state index is 0.728. The van der Waals surface area contributed by atoms with Crippen LogP contribution in [0.15, 0.2) is 66.7 Å². The van der Waals surface area contributed by atoms with E-state index in [1.165, 1.54) is 40.9 Å². The Balaban J connectivity index is 1.38. The van der Waals surface area contributed by atoms with E-state index in [9.17, 15) is 0 Å². The highest BCUT2D eigenvalue weighted by atomic mass is 32.1. The first-order valence-electron chi connectivity index (χ1n) is 11.7. The number of hydrogen-bond donors (Lipinski definition) is 1. The van der Waals surface area contributed by atoms with E-state index in [0.717, 1.165) is 47.3 Å². The molecule has 0 bridgehead atoms. The fourth-order valence-corrected chi connectivity index (χ4v) is 5.54. The van der Waals surface area contributed by atoms with Gasteiger partial charge in [-0.1, -0.05) is 0 Å². The van der Waals surface area contributed by atoms with Gasteiger partial charge in [0.25, 0.3) is 0 Å². The SMILES string of the molecule is COc1ccc(-c2sc3cc(OC)ccc3c2Nc2ccc(OCCN3CCCC3)cc2)cc1. The third-order valence-corrected chi connectivity index (χ3v) is 7.45. The van der Waals surface area contributed by atoms with Crippen LogP contribution in [0.3, 0.4) is 0 Å². The molecule has 1 aromatic heterocycles. The Morgan fingerprint density at radius 2 is 1.50 bits per heavy atom. The molecule has 1 N–H and O–H groups in total. The molecular weight excluding hydrogens is 444 g/mol. The third kappa shape index (κ3) is 4.98. The van der Waals surface area contributed by atoms with Gasteiger partial charge in [-0.25, -0.2) is 0 Å². The van der Waals surface area contributed by atoms with Crippen LogP contribution in [-0.4, -0.2) is 45.4 Å². The van der Waals surface area contributed by atoms with Gasteiger partial charge in [-0.3, -0.25) is 4.90 Å². The molecule has 0 saturated carbocycles. The van der Waals surface area contributed by atoms with Crippen molar-refractivity contribution < 1.29 is 14.2 Å². The topological polar surface area (TPSA) is 43.0 Å². The van der Waals surface area contributed by atoms with Gasteiger partial charge in [0.05, 0.1) is 24.8 Å². The molecule has 34 heavy (non-hydrogen) atoms. The molecule has 176 valence electrons. The zero-order chi connectivity index (χ0) is 23.3. The Bertz CT molecular complexity index is 1230. The zero-order valence-corrected chi connectivity index (χ0v) is 20.5. The van der Waals surface area contributed by atoms with Crippen molar-refractivity contribution in [1.82, 2.24) is 4.90 Å². The summed E-state index contributed by atoms with van der Waals surface area (Å²) in [5.74, 6) is 2.61. The van der Waals surface area contributed by atoms with E-state index in [0.29, 0.717) is 0 Å². The lowest BCUT2D eigenvalue weighted by atomic mass is 10.1. The summed E-state index contributed by atoms with van der Waals surface area (Å²) in [6, 6.07) is 22.7. The lowest BCUT2D eigenvalue weighted by Crippen LogP contribution is -2.25. The summed E-state index contributed by atoms with van der Waals surface area (Å²) in [6.45, 7) is 4.12. The van der Waals surface area contributed by atoms with Gasteiger partial charge in [-0.15, -0.1) is 11.3 Å². The maximum atomic E-state index is 5.98. The number of fused-ring (bicyclic) bond motifs is 1. The van der Waals surface area contributed by atoms with Crippen LogP contribution in [0.1, 0.15) is 12.8 Å². The van der Waals surface area contributed by atoms with Gasteiger partial charge in [-0.05, 0) is 98.2 Å². The number of likely N-dealkylation sites (tertiary alicyclic amines) is 1. The standard InChI is InChI=1S/C28H30N2O3S/c1-31-22-9-5-20(6-10-22)28-27(25-14-13-24(32-2)19-26(25)34-28)29-21-7-11-23(12-8-21)33-18-17-30-15-3-4-16-30/h5-14,19,29H,3-4,15-18H2,1-2H3. The summed E-state index contributed by atoms with van der Waals surface area (Å²) in [5, 5.41) is 4.83. The Morgan fingerprint density at radius 1 is 0.824 bits per heavy atom. The third-order valence-electron chi connectivity index (χ3n) is 6.25. The number of hydrogen-bond acceptors (Lipinski definition) is 6. The van der Waals surface area contributed by atoms with E-state index >= 15 is 0 Å². The van der Waals surface area contributed by atoms with Crippen molar-refractivity contribution in [3.05, 3.63) is 66.7 Å². The number of nitrogens with zero attached hydrogens (tertiary/aromatic N) is 1. The quantitative estimate of drug-likeness (QED) is 0.289. The number of rotatable bonds is 9. The molecule has 1 fully saturated rings. The van der Waals surface area contributed by atoms with Crippen molar-refractivity contribution in [2.45, 2.75) is 12.8 Å². The Hall–Kier alpha value is -3.22. The van der Waals surface area contributed by atoms with E-state index in [4.69, 9.17) is 14.2 Å². The molecule has 0 atom stereocenters. The number of methoxy groups -OCH3 is 2. The van der Waals surface area contributed by atoms with E-state index in [2.05, 4.69) is 46.6 Å². The van der Waals surface area contributed by atoms with Crippen LogP contribution >= 0.6 is 11.3 Å². The van der Waals surface area contributed by atoms with Crippen molar-refractivity contribution in [3.63, 3.8) is 0 Å². The van der Waals surface area contributed by atoms with Crippen LogP contribution in [0.2, 0.25) is 0 Å². The first-order valence-corrected chi connectivity index (χ1v) is 12.5. The molecule has 0 radical (unpaired) electrons. The molecular formula is C28H30N2O3S. The fraction of sp³-hybridized carbons (Fsp3) is 0.286. The maximum absolute atomic E-state index is 5.98. The monoisotopic (exact) mass is 474 g/mol. The van der Waals surface area contributed by atoms with Crippen LogP contribution in [0.25, 0.3) is 20.5 Å². The number of benzene rings is 3. The summed E-state index contributed by atoms with van der Waals surface area (Å²) in [7, 11) is 3.39. The lowest BCUT2D eigenvalue weighted by Gasteiger charge is -2.15. The van der Waals surface area contributed by atoms with Gasteiger partial charge in [0, 0.05) is 22.3 Å². The molecule has 0 spiro atoms. The number of thiophene rings is 1. The normalized spacial score (nSPS) is 13.8. The molecule has 6 heteroatoms. The number of anilines is 2. The lowest BCUT2D eigenvalue weighted by molar-refractivity contribution is 0.238. The first-order chi connectivity index (χ1) is 16.7. The summed E-state index contributed by atoms with van der Waals surface area (Å²) < 4.78 is 18.0. The van der Waals surface area contributed by atoms with Crippen molar-refractivity contribution in [2.75, 3.05) is 45.8 Å². The molecule has 5 nitrogen and oxygen atoms in total. The van der Waals surface area contributed by atoms with Crippen molar-refractivity contribution in [2.24, 2.45) is 0 Å². The van der Waals surface area contributed by atoms with E-state index < -0.39 is 0 Å². The predicted molar refractivity (Wildman–Crippen MR) is 141 cm³/mol. The second-order valence-corrected chi connectivity index (χ2v) is 9.50. The van der Waals surface area contributed by atoms with Crippen molar-refractivity contribution >= 4 is 32.8 Å². The number of nitrogens with one attached hydrogen (secondary N) is 1. The highest BCUT2D eigenvalue weighted by Crippen LogP contribution is 2.45. The largest absolute Gasteiger partial charge is 0.497 e. The van der Waals surface area contributed by atoms with Gasteiger partial charge >= 0.3 is 0 Å². The predicted octanol–water partition coefficient (Wildman–Crippen LogP) is 6.80. The van der Waals surface area contributed by atoms with Crippen LogP contribution in [0.5, 0.6) is 17.2 Å². The van der Waals surface area contributed by atoms with Gasteiger partial charge in [0.2, 0.25) is 0 Å². The van der Waals surface area contributed by atoms with E-state index in [-0.39, 0.29) is 0 Å². The van der Waals surface area contributed by atoms with Crippen LogP contribution in [-0.2, 0) is 0 Å². The molecule has 1 aliphatic rings. The Labute approximate surface area is 204 Å². The number of ether oxygens (including phenoxy) is 3. The summed E-state index contributed by atoms with van der Waals surface area (Å²) in [6.07, 6.45) is 2.62. The van der Waals surface area contributed by atoms with E-state index in [1.807, 2.05) is 30.3 Å². The summed E-state index contributed by atoms with van der Waals surface area (Å²) >= 11 is 1.75. The van der Waals surface area contributed by atoms with Crippen molar-refractivity contribution in [1.29, 1.82) is 0 Å². The molecule has 1 aliphatic heterocycles. The molecule has 0 unspecified atom stereocenters. The van der Waals surface area contributed by atoms with Crippen LogP contribution in [0, 0.1) is 0 Å². The van der Waals surface area contributed by atoms with Gasteiger partial charge in [0.15, 0.2) is 0 Å². The van der Waals surface area contributed by atoms with Gasteiger partial charge in [0.1, 0.15) is 23.9 Å². The smallest absolute Gasteiger partial charge is 0.120 e. The Kier molecular flexibility index (Phi) is 6.88. The van der Waals surface area contributed by atoms with Gasteiger partial charge in [-0.2, -0.15) is 0 Å². The fourth-order valence-electron chi connectivity index (χ4n) is 4.35. The van der Waals surface area contributed by atoms with Crippen molar-refractivity contribution in [3.8, 4) is 27.7 Å². The highest BCUT2D eigenvalue weighted by Gasteiger charge is 2.16. The average Bonchev–Trinajstić information content (AvgIpc) is 3.53. The minimum absolute atomic E-state index is 0.728. The molecule has 3 aromatic carbocycles. The molecule has 4 aromatic rings. The van der Waals surface area contributed by atoms with Crippen LogP contribution < -0.4 is 19.5 Å². The maximum Gasteiger partial charge on any atom is 0.120 e. The Morgan fingerprint density at radius 3 is 2.21 bits per heavy atom. The van der Waals surface area contributed by atoms with E-state index in [1.54, 1.807) is 25.6 Å². The molecule has 0 amide bonds. The summed E-state index contributed by atoms with van der Waals surface area (Å²) in [4.78, 5) is 3.64. The van der Waals surface area contributed by atoms with Gasteiger partial charge < -0.3 is 19.5 Å². The molecule has 5 rings (SSSR count). The zero-order valence-electron chi connectivity index (χ0n) is 19.7. The summed E-state index contributed by atoms with van der Waals surface area (Å²) in [5.41, 5.74) is 3.26. The average molecular weight is 475 g/mol. The molecule has 0 aliphatic carbocycles. The minimum Gasteiger partial charge on any atom is -0.497 e. The molecule has 1 saturated heterocycles. The second-order valence-electron chi connectivity index (χ2n) is 8.44.